The highest BCUT2D eigenvalue weighted by atomic mass is 15.1. The van der Waals surface area contributed by atoms with E-state index in [4.69, 9.17) is 0 Å². The SMILES string of the molecule is CC.CCCCN(C)C(C)CCN(C)C. The second-order valence-corrected chi connectivity index (χ2v) is 4.28. The molecule has 0 aliphatic rings. The van der Waals surface area contributed by atoms with E-state index in [-0.39, 0.29) is 0 Å². The molecule has 0 radical (unpaired) electrons. The second-order valence-electron chi connectivity index (χ2n) is 4.28. The van der Waals surface area contributed by atoms with E-state index < -0.39 is 0 Å². The van der Waals surface area contributed by atoms with Crippen molar-refractivity contribution < 1.29 is 0 Å². The molecule has 0 aliphatic carbocycles. The van der Waals surface area contributed by atoms with Gasteiger partial charge in [0.1, 0.15) is 0 Å². The lowest BCUT2D eigenvalue weighted by Gasteiger charge is -2.25. The van der Waals surface area contributed by atoms with Crippen LogP contribution in [0.5, 0.6) is 0 Å². The average molecular weight is 216 g/mol. The molecule has 0 aromatic rings. The molecular formula is C13H32N2. The zero-order valence-corrected chi connectivity index (χ0v) is 12.0. The predicted molar refractivity (Wildman–Crippen MR) is 71.5 cm³/mol. The van der Waals surface area contributed by atoms with Crippen molar-refractivity contribution >= 4 is 0 Å². The highest BCUT2D eigenvalue weighted by Gasteiger charge is 2.07. The van der Waals surface area contributed by atoms with Gasteiger partial charge in [-0.15, -0.1) is 0 Å². The van der Waals surface area contributed by atoms with Crippen LogP contribution in [0.3, 0.4) is 0 Å². The Morgan fingerprint density at radius 3 is 1.93 bits per heavy atom. The number of rotatable bonds is 7. The summed E-state index contributed by atoms with van der Waals surface area (Å²) in [6.07, 6.45) is 3.89. The Kier molecular flexibility index (Phi) is 13.8. The van der Waals surface area contributed by atoms with E-state index in [2.05, 4.69) is 44.8 Å². The molecule has 0 aliphatic heterocycles. The summed E-state index contributed by atoms with van der Waals surface area (Å²) in [6.45, 7) is 11.0. The van der Waals surface area contributed by atoms with Gasteiger partial charge in [0.15, 0.2) is 0 Å². The first-order valence-corrected chi connectivity index (χ1v) is 6.43. The molecule has 15 heavy (non-hydrogen) atoms. The van der Waals surface area contributed by atoms with Crippen LogP contribution in [-0.2, 0) is 0 Å². The highest BCUT2D eigenvalue weighted by Crippen LogP contribution is 2.03. The fourth-order valence-corrected chi connectivity index (χ4v) is 1.29. The maximum absolute atomic E-state index is 2.47. The quantitative estimate of drug-likeness (QED) is 0.645. The first-order valence-electron chi connectivity index (χ1n) is 6.43. The Bertz CT molecular complexity index is 113. The Balaban J connectivity index is 0. The summed E-state index contributed by atoms with van der Waals surface area (Å²) in [5, 5.41) is 0. The molecule has 2 nitrogen and oxygen atoms in total. The molecule has 94 valence electrons. The van der Waals surface area contributed by atoms with Gasteiger partial charge in [0, 0.05) is 6.04 Å². The van der Waals surface area contributed by atoms with E-state index in [9.17, 15) is 0 Å². The lowest BCUT2D eigenvalue weighted by atomic mass is 10.2. The summed E-state index contributed by atoms with van der Waals surface area (Å²) in [7, 11) is 6.51. The molecule has 0 heterocycles. The van der Waals surface area contributed by atoms with Crippen LogP contribution in [0.2, 0.25) is 0 Å². The fourth-order valence-electron chi connectivity index (χ4n) is 1.29. The van der Waals surface area contributed by atoms with Crippen LogP contribution in [0.25, 0.3) is 0 Å². The van der Waals surface area contributed by atoms with Crippen molar-refractivity contribution in [2.75, 3.05) is 34.2 Å². The molecular weight excluding hydrogens is 184 g/mol. The summed E-state index contributed by atoms with van der Waals surface area (Å²) >= 11 is 0. The first-order chi connectivity index (χ1) is 7.07. The van der Waals surface area contributed by atoms with Crippen molar-refractivity contribution in [2.24, 2.45) is 0 Å². The van der Waals surface area contributed by atoms with E-state index in [0.29, 0.717) is 6.04 Å². The molecule has 0 rings (SSSR count). The summed E-state index contributed by atoms with van der Waals surface area (Å²) in [5.41, 5.74) is 0. The molecule has 0 aromatic heterocycles. The van der Waals surface area contributed by atoms with Gasteiger partial charge in [0.05, 0.1) is 0 Å². The van der Waals surface area contributed by atoms with Gasteiger partial charge < -0.3 is 9.80 Å². The van der Waals surface area contributed by atoms with Gasteiger partial charge in [0.25, 0.3) is 0 Å². The van der Waals surface area contributed by atoms with Gasteiger partial charge in [-0.2, -0.15) is 0 Å². The van der Waals surface area contributed by atoms with Crippen molar-refractivity contribution in [3.8, 4) is 0 Å². The average Bonchev–Trinajstić information content (AvgIpc) is 2.25. The van der Waals surface area contributed by atoms with E-state index in [0.717, 1.165) is 0 Å². The minimum absolute atomic E-state index is 0.717. The van der Waals surface area contributed by atoms with Crippen molar-refractivity contribution in [2.45, 2.75) is 53.0 Å². The molecule has 0 bridgehead atoms. The van der Waals surface area contributed by atoms with Crippen LogP contribution >= 0.6 is 0 Å². The molecule has 1 atom stereocenters. The summed E-state index contributed by atoms with van der Waals surface area (Å²) in [6, 6.07) is 0.717. The molecule has 1 unspecified atom stereocenters. The fraction of sp³-hybridized carbons (Fsp3) is 1.00. The van der Waals surface area contributed by atoms with Crippen LogP contribution in [0.1, 0.15) is 47.0 Å². The maximum atomic E-state index is 2.47. The van der Waals surface area contributed by atoms with Crippen LogP contribution in [0, 0.1) is 0 Å². The number of nitrogens with zero attached hydrogens (tertiary/aromatic N) is 2. The van der Waals surface area contributed by atoms with Gasteiger partial charge in [-0.3, -0.25) is 0 Å². The number of hydrogen-bond donors (Lipinski definition) is 0. The topological polar surface area (TPSA) is 6.48 Å². The highest BCUT2D eigenvalue weighted by molar-refractivity contribution is 4.64. The standard InChI is InChI=1S/C11H26N2.C2H6/c1-6-7-9-13(5)11(2)8-10-12(3)4;1-2/h11H,6-10H2,1-5H3;1-2H3. The Hall–Kier alpha value is -0.0800. The Morgan fingerprint density at radius 1 is 1.00 bits per heavy atom. The van der Waals surface area contributed by atoms with Crippen LogP contribution in [-0.4, -0.2) is 50.1 Å². The monoisotopic (exact) mass is 216 g/mol. The molecule has 0 saturated carbocycles. The summed E-state index contributed by atoms with van der Waals surface area (Å²) < 4.78 is 0. The zero-order chi connectivity index (χ0) is 12.3. The third-order valence-corrected chi connectivity index (χ3v) is 2.61. The third kappa shape index (κ3) is 11.8. The molecule has 0 N–H and O–H groups in total. The molecule has 0 fully saturated rings. The van der Waals surface area contributed by atoms with Gasteiger partial charge >= 0.3 is 0 Å². The van der Waals surface area contributed by atoms with E-state index in [1.165, 1.54) is 32.4 Å². The summed E-state index contributed by atoms with van der Waals surface area (Å²) in [4.78, 5) is 4.72. The van der Waals surface area contributed by atoms with Crippen molar-refractivity contribution in [3.63, 3.8) is 0 Å². The minimum atomic E-state index is 0.717. The van der Waals surface area contributed by atoms with Crippen LogP contribution in [0.4, 0.5) is 0 Å². The zero-order valence-electron chi connectivity index (χ0n) is 12.0. The molecule has 0 aromatic carbocycles. The number of unbranched alkanes of at least 4 members (excludes halogenated alkanes) is 1. The lowest BCUT2D eigenvalue weighted by molar-refractivity contribution is 0.224. The second kappa shape index (κ2) is 12.0. The third-order valence-electron chi connectivity index (χ3n) is 2.61. The van der Waals surface area contributed by atoms with E-state index >= 15 is 0 Å². The van der Waals surface area contributed by atoms with Gasteiger partial charge in [0.2, 0.25) is 0 Å². The normalized spacial score (nSPS) is 12.6. The molecule has 0 amide bonds. The minimum Gasteiger partial charge on any atom is -0.309 e. The van der Waals surface area contributed by atoms with E-state index in [1.807, 2.05) is 13.8 Å². The largest absolute Gasteiger partial charge is 0.309 e. The smallest absolute Gasteiger partial charge is 0.00760 e. The van der Waals surface area contributed by atoms with Crippen molar-refractivity contribution in [1.82, 2.24) is 9.80 Å². The molecule has 0 spiro atoms. The maximum Gasteiger partial charge on any atom is 0.00760 e. The van der Waals surface area contributed by atoms with Gasteiger partial charge in [-0.1, -0.05) is 27.2 Å². The van der Waals surface area contributed by atoms with Crippen molar-refractivity contribution in [3.05, 3.63) is 0 Å². The van der Waals surface area contributed by atoms with Crippen LogP contribution < -0.4 is 0 Å². The molecule has 2 heteroatoms. The predicted octanol–water partition coefficient (Wildman–Crippen LogP) is 3.08. The van der Waals surface area contributed by atoms with Crippen LogP contribution in [0.15, 0.2) is 0 Å². The number of hydrogen-bond acceptors (Lipinski definition) is 2. The first kappa shape index (κ1) is 17.3. The van der Waals surface area contributed by atoms with Gasteiger partial charge in [-0.05, 0) is 54.0 Å². The summed E-state index contributed by atoms with van der Waals surface area (Å²) in [5.74, 6) is 0. The Morgan fingerprint density at radius 2 is 1.53 bits per heavy atom. The van der Waals surface area contributed by atoms with Gasteiger partial charge in [-0.25, -0.2) is 0 Å². The molecule has 0 saturated heterocycles. The van der Waals surface area contributed by atoms with E-state index in [1.54, 1.807) is 0 Å². The lowest BCUT2D eigenvalue weighted by Crippen LogP contribution is -2.32. The Labute approximate surface area is 97.6 Å². The van der Waals surface area contributed by atoms with Crippen molar-refractivity contribution in [1.29, 1.82) is 0 Å².